The summed E-state index contributed by atoms with van der Waals surface area (Å²) < 4.78 is 20.5. The molecule has 0 aliphatic heterocycles. The summed E-state index contributed by atoms with van der Waals surface area (Å²) in [5.74, 6) is -0.294. The highest BCUT2D eigenvalue weighted by Crippen LogP contribution is 2.23. The van der Waals surface area contributed by atoms with Crippen molar-refractivity contribution in [3.63, 3.8) is 0 Å². The predicted molar refractivity (Wildman–Crippen MR) is 75.8 cm³/mol. The third-order valence-electron chi connectivity index (χ3n) is 2.80. The Morgan fingerprint density at radius 1 is 1.55 bits per heavy atom. The fourth-order valence-electron chi connectivity index (χ4n) is 1.68. The summed E-state index contributed by atoms with van der Waals surface area (Å²) in [6.07, 6.45) is 3.48. The molecule has 0 unspecified atom stereocenters. The molecule has 0 atom stereocenters. The van der Waals surface area contributed by atoms with Crippen molar-refractivity contribution in [1.29, 1.82) is 0 Å². The molecule has 1 aromatic heterocycles. The molecular formula is C13H13BrFN3O2. The minimum atomic E-state index is -0.581. The lowest BCUT2D eigenvalue weighted by atomic mass is 10.2. The number of rotatable bonds is 4. The molecule has 7 heteroatoms. The minimum Gasteiger partial charge on any atom is -0.460 e. The number of aryl methyl sites for hydroxylation is 1. The Labute approximate surface area is 123 Å². The summed E-state index contributed by atoms with van der Waals surface area (Å²) in [6, 6.07) is 2.40. The minimum absolute atomic E-state index is 0.0920. The van der Waals surface area contributed by atoms with Crippen LogP contribution in [0.4, 0.5) is 10.1 Å². The molecule has 0 radical (unpaired) electrons. The van der Waals surface area contributed by atoms with Crippen molar-refractivity contribution in [2.24, 2.45) is 0 Å². The van der Waals surface area contributed by atoms with E-state index in [4.69, 9.17) is 10.5 Å². The number of benzene rings is 1. The van der Waals surface area contributed by atoms with Crippen LogP contribution in [0.3, 0.4) is 0 Å². The number of hydrogen-bond donors (Lipinski definition) is 1. The Morgan fingerprint density at radius 3 is 2.95 bits per heavy atom. The van der Waals surface area contributed by atoms with Gasteiger partial charge in [0.25, 0.3) is 0 Å². The normalized spacial score (nSPS) is 10.6. The van der Waals surface area contributed by atoms with Crippen molar-refractivity contribution in [3.05, 3.63) is 46.2 Å². The lowest BCUT2D eigenvalue weighted by molar-refractivity contribution is 0.0489. The highest BCUT2D eigenvalue weighted by Gasteiger charge is 2.14. The van der Waals surface area contributed by atoms with Gasteiger partial charge in [-0.25, -0.2) is 14.2 Å². The summed E-state index contributed by atoms with van der Waals surface area (Å²) in [7, 11) is 0. The molecule has 0 fully saturated rings. The zero-order chi connectivity index (χ0) is 14.7. The van der Waals surface area contributed by atoms with Crippen LogP contribution >= 0.6 is 15.9 Å². The van der Waals surface area contributed by atoms with E-state index >= 15 is 0 Å². The number of nitrogens with two attached hydrogens (primary N) is 1. The van der Waals surface area contributed by atoms with Crippen molar-refractivity contribution in [2.75, 3.05) is 12.3 Å². The molecule has 2 rings (SSSR count). The number of anilines is 1. The largest absolute Gasteiger partial charge is 0.460 e. The number of halogens is 2. The van der Waals surface area contributed by atoms with Gasteiger partial charge in [-0.2, -0.15) is 0 Å². The molecular weight excluding hydrogens is 329 g/mol. The third kappa shape index (κ3) is 3.16. The van der Waals surface area contributed by atoms with Gasteiger partial charge in [-0.1, -0.05) is 0 Å². The van der Waals surface area contributed by atoms with Gasteiger partial charge in [-0.05, 0) is 35.0 Å². The topological polar surface area (TPSA) is 70.1 Å². The number of carbonyl (C=O) groups is 1. The number of nitrogen functional groups attached to an aromatic ring is 1. The molecule has 2 aromatic rings. The second-order valence-electron chi connectivity index (χ2n) is 4.16. The molecule has 0 saturated heterocycles. The van der Waals surface area contributed by atoms with E-state index in [1.54, 1.807) is 12.4 Å². The standard InChI is InChI=1S/C13H13BrFN3O2/c1-8-17-2-3-18(8)4-5-20-13(19)9-6-12(16)11(15)7-10(9)14/h2-3,6-7H,4-5,16H2,1H3. The first-order valence-corrected chi connectivity index (χ1v) is 6.67. The van der Waals surface area contributed by atoms with Gasteiger partial charge >= 0.3 is 5.97 Å². The first-order valence-electron chi connectivity index (χ1n) is 5.88. The second kappa shape index (κ2) is 6.04. The zero-order valence-corrected chi connectivity index (χ0v) is 12.4. The average Bonchev–Trinajstić information content (AvgIpc) is 2.79. The van der Waals surface area contributed by atoms with Crippen molar-refractivity contribution in [2.45, 2.75) is 13.5 Å². The molecule has 0 saturated carbocycles. The van der Waals surface area contributed by atoms with E-state index in [0.717, 1.165) is 11.9 Å². The SMILES string of the molecule is Cc1nccn1CCOC(=O)c1cc(N)c(F)cc1Br. The predicted octanol–water partition coefficient (Wildman–Crippen LogP) is 2.53. The van der Waals surface area contributed by atoms with Crippen LogP contribution in [0.25, 0.3) is 0 Å². The Morgan fingerprint density at radius 2 is 2.30 bits per heavy atom. The van der Waals surface area contributed by atoms with Crippen LogP contribution in [-0.4, -0.2) is 22.1 Å². The van der Waals surface area contributed by atoms with Crippen LogP contribution in [0.2, 0.25) is 0 Å². The van der Waals surface area contributed by atoms with Crippen LogP contribution in [-0.2, 0) is 11.3 Å². The molecule has 0 amide bonds. The molecule has 1 aromatic carbocycles. The zero-order valence-electron chi connectivity index (χ0n) is 10.8. The van der Waals surface area contributed by atoms with Crippen LogP contribution in [0, 0.1) is 12.7 Å². The van der Waals surface area contributed by atoms with Gasteiger partial charge in [0, 0.05) is 16.9 Å². The summed E-state index contributed by atoms with van der Waals surface area (Å²) in [5.41, 5.74) is 5.55. The Balaban J connectivity index is 1.99. The number of imidazole rings is 1. The first-order chi connectivity index (χ1) is 9.49. The second-order valence-corrected chi connectivity index (χ2v) is 5.01. The van der Waals surface area contributed by atoms with Crippen molar-refractivity contribution >= 4 is 27.6 Å². The van der Waals surface area contributed by atoms with Crippen LogP contribution in [0.15, 0.2) is 29.0 Å². The van der Waals surface area contributed by atoms with E-state index in [-0.39, 0.29) is 17.9 Å². The van der Waals surface area contributed by atoms with E-state index in [1.165, 1.54) is 6.07 Å². The van der Waals surface area contributed by atoms with E-state index in [9.17, 15) is 9.18 Å². The number of nitrogens with zero attached hydrogens (tertiary/aromatic N) is 2. The highest BCUT2D eigenvalue weighted by molar-refractivity contribution is 9.10. The molecule has 0 bridgehead atoms. The average molecular weight is 342 g/mol. The lowest BCUT2D eigenvalue weighted by Crippen LogP contribution is -2.13. The number of hydrogen-bond acceptors (Lipinski definition) is 4. The maximum absolute atomic E-state index is 13.2. The van der Waals surface area contributed by atoms with E-state index in [0.29, 0.717) is 11.0 Å². The fourth-order valence-corrected chi connectivity index (χ4v) is 2.15. The van der Waals surface area contributed by atoms with Gasteiger partial charge in [0.1, 0.15) is 18.2 Å². The molecule has 0 aliphatic rings. The highest BCUT2D eigenvalue weighted by atomic mass is 79.9. The number of esters is 1. The monoisotopic (exact) mass is 341 g/mol. The summed E-state index contributed by atoms with van der Waals surface area (Å²) in [4.78, 5) is 16.0. The quantitative estimate of drug-likeness (QED) is 0.685. The molecule has 106 valence electrons. The fraction of sp³-hybridized carbons (Fsp3) is 0.231. The summed E-state index contributed by atoms with van der Waals surface area (Å²) in [6.45, 7) is 2.56. The summed E-state index contributed by atoms with van der Waals surface area (Å²) in [5, 5.41) is 0. The van der Waals surface area contributed by atoms with Gasteiger partial charge in [-0.15, -0.1) is 0 Å². The van der Waals surface area contributed by atoms with Crippen LogP contribution in [0.5, 0.6) is 0 Å². The van der Waals surface area contributed by atoms with E-state index in [2.05, 4.69) is 20.9 Å². The number of carbonyl (C=O) groups excluding carboxylic acids is 1. The Hall–Kier alpha value is -1.89. The van der Waals surface area contributed by atoms with Crippen LogP contribution < -0.4 is 5.73 Å². The van der Waals surface area contributed by atoms with Gasteiger partial charge < -0.3 is 15.0 Å². The van der Waals surface area contributed by atoms with Gasteiger partial charge in [0.15, 0.2) is 0 Å². The van der Waals surface area contributed by atoms with Crippen LogP contribution in [0.1, 0.15) is 16.2 Å². The molecule has 0 spiro atoms. The Kier molecular flexibility index (Phi) is 4.39. The Bertz CT molecular complexity index is 643. The van der Waals surface area contributed by atoms with Crippen molar-refractivity contribution in [1.82, 2.24) is 9.55 Å². The maximum atomic E-state index is 13.2. The van der Waals surface area contributed by atoms with E-state index in [1.807, 2.05) is 11.5 Å². The van der Waals surface area contributed by atoms with E-state index < -0.39 is 11.8 Å². The summed E-state index contributed by atoms with van der Waals surface area (Å²) >= 11 is 3.11. The lowest BCUT2D eigenvalue weighted by Gasteiger charge is -2.09. The van der Waals surface area contributed by atoms with Crippen molar-refractivity contribution in [3.8, 4) is 0 Å². The number of aromatic nitrogens is 2. The first kappa shape index (κ1) is 14.5. The number of ether oxygens (including phenoxy) is 1. The molecule has 0 aliphatic carbocycles. The molecule has 1 heterocycles. The maximum Gasteiger partial charge on any atom is 0.339 e. The third-order valence-corrected chi connectivity index (χ3v) is 3.45. The molecule has 5 nitrogen and oxygen atoms in total. The van der Waals surface area contributed by atoms with Gasteiger partial charge in [-0.3, -0.25) is 0 Å². The van der Waals surface area contributed by atoms with Gasteiger partial charge in [0.2, 0.25) is 0 Å². The molecule has 2 N–H and O–H groups in total. The van der Waals surface area contributed by atoms with Gasteiger partial charge in [0.05, 0.1) is 17.8 Å². The molecule has 20 heavy (non-hydrogen) atoms. The van der Waals surface area contributed by atoms with Crippen molar-refractivity contribution < 1.29 is 13.9 Å². The smallest absolute Gasteiger partial charge is 0.339 e.